The number of amides is 1. The first kappa shape index (κ1) is 19.2. The fourth-order valence-corrected chi connectivity index (χ4v) is 3.28. The van der Waals surface area contributed by atoms with E-state index >= 15 is 0 Å². The normalized spacial score (nSPS) is 15.4. The highest BCUT2D eigenvalue weighted by Gasteiger charge is 2.22. The molecule has 144 valence electrons. The van der Waals surface area contributed by atoms with E-state index in [1.807, 2.05) is 43.0 Å². The molecule has 5 heteroatoms. The van der Waals surface area contributed by atoms with Crippen LogP contribution in [0.2, 0.25) is 0 Å². The zero-order valence-electron chi connectivity index (χ0n) is 16.2. The van der Waals surface area contributed by atoms with E-state index in [0.717, 1.165) is 49.5 Å². The van der Waals surface area contributed by atoms with E-state index in [2.05, 4.69) is 17.5 Å². The topological polar surface area (TPSA) is 45.9 Å². The molecule has 1 fully saturated rings. The van der Waals surface area contributed by atoms with Crippen molar-refractivity contribution < 1.29 is 13.9 Å². The molecule has 1 amide bonds. The number of hydrogen-bond acceptors (Lipinski definition) is 4. The third-order valence-electron chi connectivity index (χ3n) is 4.85. The van der Waals surface area contributed by atoms with Crippen LogP contribution in [-0.4, -0.2) is 48.4 Å². The summed E-state index contributed by atoms with van der Waals surface area (Å²) in [6.07, 6.45) is 2.87. The van der Waals surface area contributed by atoms with E-state index in [0.29, 0.717) is 24.7 Å². The fourth-order valence-electron chi connectivity index (χ4n) is 3.28. The van der Waals surface area contributed by atoms with Crippen molar-refractivity contribution in [2.24, 2.45) is 0 Å². The number of carbonyl (C=O) groups is 1. The van der Waals surface area contributed by atoms with Gasteiger partial charge in [-0.25, -0.2) is 0 Å². The summed E-state index contributed by atoms with van der Waals surface area (Å²) in [5.74, 6) is 1.83. The van der Waals surface area contributed by atoms with Gasteiger partial charge in [-0.15, -0.1) is 6.58 Å². The van der Waals surface area contributed by atoms with E-state index < -0.39 is 0 Å². The van der Waals surface area contributed by atoms with E-state index in [1.165, 1.54) is 0 Å². The zero-order chi connectivity index (χ0) is 19.2. The molecule has 0 N–H and O–H groups in total. The minimum absolute atomic E-state index is 0.0477. The molecule has 2 heterocycles. The highest BCUT2D eigenvalue weighted by molar-refractivity contribution is 5.91. The van der Waals surface area contributed by atoms with Crippen LogP contribution in [0.25, 0.3) is 0 Å². The van der Waals surface area contributed by atoms with Crippen molar-refractivity contribution in [2.45, 2.75) is 26.9 Å². The first-order chi connectivity index (χ1) is 13.1. The summed E-state index contributed by atoms with van der Waals surface area (Å²) < 4.78 is 11.6. The summed E-state index contributed by atoms with van der Waals surface area (Å²) in [6.45, 7) is 12.3. The lowest BCUT2D eigenvalue weighted by molar-refractivity contribution is 0.0726. The molecule has 0 spiro atoms. The van der Waals surface area contributed by atoms with Gasteiger partial charge in [0, 0.05) is 32.7 Å². The molecule has 1 aromatic heterocycles. The number of rotatable bonds is 6. The Morgan fingerprint density at radius 1 is 1.19 bits per heavy atom. The lowest BCUT2D eigenvalue weighted by Gasteiger charge is -2.20. The molecule has 1 aliphatic heterocycles. The Bertz CT molecular complexity index is 797. The Hall–Kier alpha value is -2.53. The lowest BCUT2D eigenvalue weighted by atomic mass is 10.1. The number of furan rings is 1. The molecular weight excluding hydrogens is 340 g/mol. The predicted octanol–water partition coefficient (Wildman–Crippen LogP) is 3.81. The van der Waals surface area contributed by atoms with Crippen LogP contribution in [0.4, 0.5) is 0 Å². The summed E-state index contributed by atoms with van der Waals surface area (Å²) in [7, 11) is 0. The lowest BCUT2D eigenvalue weighted by Crippen LogP contribution is -2.35. The van der Waals surface area contributed by atoms with E-state index in [4.69, 9.17) is 9.15 Å². The van der Waals surface area contributed by atoms with Crippen molar-refractivity contribution in [3.8, 4) is 5.75 Å². The molecule has 3 rings (SSSR count). The van der Waals surface area contributed by atoms with Gasteiger partial charge >= 0.3 is 0 Å². The van der Waals surface area contributed by atoms with Crippen molar-refractivity contribution in [3.05, 3.63) is 65.6 Å². The molecule has 0 bridgehead atoms. The SMILES string of the molecule is C=CCN1CCCN(C(=O)c2ccc(COc3cc(C)ccc3C)o2)CC1. The van der Waals surface area contributed by atoms with Crippen LogP contribution in [0.1, 0.15) is 33.9 Å². The highest BCUT2D eigenvalue weighted by Crippen LogP contribution is 2.21. The summed E-state index contributed by atoms with van der Waals surface area (Å²) in [5.41, 5.74) is 2.23. The van der Waals surface area contributed by atoms with Crippen molar-refractivity contribution >= 4 is 5.91 Å². The number of aryl methyl sites for hydroxylation is 2. The molecule has 0 radical (unpaired) electrons. The van der Waals surface area contributed by atoms with Gasteiger partial charge in [-0.2, -0.15) is 0 Å². The third-order valence-corrected chi connectivity index (χ3v) is 4.85. The largest absolute Gasteiger partial charge is 0.485 e. The molecule has 0 aliphatic carbocycles. The zero-order valence-corrected chi connectivity index (χ0v) is 16.2. The third kappa shape index (κ3) is 5.01. The molecule has 5 nitrogen and oxygen atoms in total. The molecule has 1 aliphatic rings. The Morgan fingerprint density at radius 3 is 2.85 bits per heavy atom. The first-order valence-corrected chi connectivity index (χ1v) is 9.48. The van der Waals surface area contributed by atoms with Gasteiger partial charge in [-0.05, 0) is 49.6 Å². The van der Waals surface area contributed by atoms with Crippen molar-refractivity contribution in [1.82, 2.24) is 9.80 Å². The van der Waals surface area contributed by atoms with Crippen molar-refractivity contribution in [2.75, 3.05) is 32.7 Å². The Kier molecular flexibility index (Phi) is 6.35. The van der Waals surface area contributed by atoms with Gasteiger partial charge in [-0.1, -0.05) is 18.2 Å². The van der Waals surface area contributed by atoms with Gasteiger partial charge in [0.2, 0.25) is 0 Å². The summed E-state index contributed by atoms with van der Waals surface area (Å²) in [5, 5.41) is 0. The quantitative estimate of drug-likeness (QED) is 0.728. The molecule has 1 saturated heterocycles. The van der Waals surface area contributed by atoms with Crippen LogP contribution in [0.15, 0.2) is 47.4 Å². The average molecular weight is 368 g/mol. The van der Waals surface area contributed by atoms with Crippen molar-refractivity contribution in [1.29, 1.82) is 0 Å². The monoisotopic (exact) mass is 368 g/mol. The van der Waals surface area contributed by atoms with Crippen LogP contribution >= 0.6 is 0 Å². The minimum Gasteiger partial charge on any atom is -0.485 e. The average Bonchev–Trinajstić information content (AvgIpc) is 3.01. The maximum atomic E-state index is 12.8. The fraction of sp³-hybridized carbons (Fsp3) is 0.409. The summed E-state index contributed by atoms with van der Waals surface area (Å²) in [4.78, 5) is 16.9. The Morgan fingerprint density at radius 2 is 2.04 bits per heavy atom. The minimum atomic E-state index is -0.0477. The number of benzene rings is 1. The second-order valence-electron chi connectivity index (χ2n) is 7.06. The van der Waals surface area contributed by atoms with Crippen LogP contribution in [-0.2, 0) is 6.61 Å². The molecule has 0 unspecified atom stereocenters. The molecule has 2 aromatic rings. The molecular formula is C22H28N2O3. The van der Waals surface area contributed by atoms with Gasteiger partial charge in [0.15, 0.2) is 5.76 Å². The Labute approximate surface area is 161 Å². The van der Waals surface area contributed by atoms with Crippen LogP contribution in [0, 0.1) is 13.8 Å². The van der Waals surface area contributed by atoms with Gasteiger partial charge in [-0.3, -0.25) is 9.69 Å². The molecule has 0 saturated carbocycles. The first-order valence-electron chi connectivity index (χ1n) is 9.48. The number of ether oxygens (including phenoxy) is 1. The van der Waals surface area contributed by atoms with Gasteiger partial charge in [0.25, 0.3) is 5.91 Å². The summed E-state index contributed by atoms with van der Waals surface area (Å²) in [6, 6.07) is 9.67. The van der Waals surface area contributed by atoms with Gasteiger partial charge < -0.3 is 14.1 Å². The highest BCUT2D eigenvalue weighted by atomic mass is 16.5. The molecule has 1 aromatic carbocycles. The van der Waals surface area contributed by atoms with Crippen LogP contribution in [0.5, 0.6) is 5.75 Å². The van der Waals surface area contributed by atoms with Gasteiger partial charge in [0.05, 0.1) is 0 Å². The van der Waals surface area contributed by atoms with E-state index in [-0.39, 0.29) is 5.91 Å². The second-order valence-corrected chi connectivity index (χ2v) is 7.06. The summed E-state index contributed by atoms with van der Waals surface area (Å²) >= 11 is 0. The predicted molar refractivity (Wildman–Crippen MR) is 106 cm³/mol. The van der Waals surface area contributed by atoms with Crippen LogP contribution in [0.3, 0.4) is 0 Å². The van der Waals surface area contributed by atoms with Gasteiger partial charge in [0.1, 0.15) is 18.1 Å². The Balaban J connectivity index is 1.59. The maximum absolute atomic E-state index is 12.8. The molecule has 27 heavy (non-hydrogen) atoms. The second kappa shape index (κ2) is 8.91. The van der Waals surface area contributed by atoms with E-state index in [9.17, 15) is 4.79 Å². The number of nitrogens with zero attached hydrogens (tertiary/aromatic N) is 2. The molecule has 0 atom stereocenters. The van der Waals surface area contributed by atoms with Crippen LogP contribution < -0.4 is 4.74 Å². The maximum Gasteiger partial charge on any atom is 0.289 e. The van der Waals surface area contributed by atoms with Crippen molar-refractivity contribution in [3.63, 3.8) is 0 Å². The van der Waals surface area contributed by atoms with E-state index in [1.54, 1.807) is 6.07 Å². The standard InChI is InChI=1S/C22H28N2O3/c1-4-10-23-11-5-12-24(14-13-23)22(25)20-9-8-19(27-20)16-26-21-15-17(2)6-7-18(21)3/h4,6-9,15H,1,5,10-14,16H2,2-3H3. The smallest absolute Gasteiger partial charge is 0.289 e. The number of carbonyl (C=O) groups excluding carboxylic acids is 1. The number of hydrogen-bond donors (Lipinski definition) is 0.